The number of amides is 1. The number of nitrogens with zero attached hydrogens (tertiary/aromatic N) is 4. The highest BCUT2D eigenvalue weighted by Crippen LogP contribution is 2.20. The van der Waals surface area contributed by atoms with Crippen LogP contribution in [-0.4, -0.2) is 38.4 Å². The molecule has 0 saturated carbocycles. The summed E-state index contributed by atoms with van der Waals surface area (Å²) in [5.74, 6) is 0.869. The summed E-state index contributed by atoms with van der Waals surface area (Å²) in [6.07, 6.45) is 3.09. The van der Waals surface area contributed by atoms with Crippen LogP contribution in [0.1, 0.15) is 30.9 Å². The molecule has 5 aromatic rings. The first kappa shape index (κ1) is 24.2. The molecule has 0 bridgehead atoms. The fraction of sp³-hybridized carbons (Fsp3) is 0.241. The average Bonchev–Trinajstić information content (AvgIpc) is 3.33. The van der Waals surface area contributed by atoms with E-state index in [0.29, 0.717) is 42.3 Å². The maximum absolute atomic E-state index is 13.1. The molecule has 0 aliphatic heterocycles. The number of ether oxygens (including phenoxy) is 1. The quantitative estimate of drug-likeness (QED) is 0.332. The van der Waals surface area contributed by atoms with Crippen molar-refractivity contribution in [1.82, 2.24) is 24.6 Å². The van der Waals surface area contributed by atoms with Crippen LogP contribution in [0, 0.1) is 0 Å². The number of hydrogen-bond acceptors (Lipinski definition) is 5. The molecule has 8 heteroatoms. The lowest BCUT2D eigenvalue weighted by Gasteiger charge is -2.10. The zero-order valence-electron chi connectivity index (χ0n) is 20.9. The molecule has 0 atom stereocenters. The van der Waals surface area contributed by atoms with E-state index in [-0.39, 0.29) is 18.1 Å². The maximum atomic E-state index is 13.1. The van der Waals surface area contributed by atoms with Gasteiger partial charge in [-0.2, -0.15) is 5.10 Å². The van der Waals surface area contributed by atoms with Crippen LogP contribution in [0.2, 0.25) is 0 Å². The summed E-state index contributed by atoms with van der Waals surface area (Å²) in [7, 11) is 0. The van der Waals surface area contributed by atoms with Crippen molar-refractivity contribution in [3.63, 3.8) is 0 Å². The lowest BCUT2D eigenvalue weighted by molar-refractivity contribution is -0.123. The van der Waals surface area contributed by atoms with Crippen molar-refractivity contribution in [2.75, 3.05) is 13.2 Å². The Bertz CT molecular complexity index is 1600. The summed E-state index contributed by atoms with van der Waals surface area (Å²) >= 11 is 0. The molecule has 188 valence electrons. The summed E-state index contributed by atoms with van der Waals surface area (Å²) < 4.78 is 8.80. The van der Waals surface area contributed by atoms with E-state index in [9.17, 15) is 9.59 Å². The Kier molecular flexibility index (Phi) is 6.98. The van der Waals surface area contributed by atoms with Gasteiger partial charge in [-0.3, -0.25) is 14.2 Å². The van der Waals surface area contributed by atoms with Gasteiger partial charge in [-0.25, -0.2) is 9.67 Å². The van der Waals surface area contributed by atoms with Gasteiger partial charge in [0.25, 0.3) is 11.5 Å². The van der Waals surface area contributed by atoms with Crippen LogP contribution < -0.4 is 15.6 Å². The first-order valence-corrected chi connectivity index (χ1v) is 12.4. The third-order valence-electron chi connectivity index (χ3n) is 6.41. The van der Waals surface area contributed by atoms with Crippen molar-refractivity contribution in [3.05, 3.63) is 101 Å². The van der Waals surface area contributed by atoms with E-state index in [2.05, 4.69) is 47.4 Å². The summed E-state index contributed by atoms with van der Waals surface area (Å²) in [4.78, 5) is 29.8. The maximum Gasteiger partial charge on any atom is 0.264 e. The third-order valence-corrected chi connectivity index (χ3v) is 6.41. The summed E-state index contributed by atoms with van der Waals surface area (Å²) in [6.45, 7) is 5.33. The fourth-order valence-corrected chi connectivity index (χ4v) is 4.34. The molecule has 0 fully saturated rings. The Hall–Kier alpha value is -4.46. The smallest absolute Gasteiger partial charge is 0.264 e. The van der Waals surface area contributed by atoms with Gasteiger partial charge in [0.15, 0.2) is 12.3 Å². The predicted molar refractivity (Wildman–Crippen MR) is 144 cm³/mol. The molecular formula is C29H29N5O3. The SMILES string of the molecule is CC(C)c1ccc(OCC(=O)NCCn2ncc3c(=O)n(Cc4cccc5ccccc45)cnc32)cc1. The van der Waals surface area contributed by atoms with E-state index in [4.69, 9.17) is 4.74 Å². The van der Waals surface area contributed by atoms with Crippen LogP contribution in [-0.2, 0) is 17.9 Å². The molecule has 2 heterocycles. The van der Waals surface area contributed by atoms with E-state index >= 15 is 0 Å². The Morgan fingerprint density at radius 1 is 1.00 bits per heavy atom. The highest BCUT2D eigenvalue weighted by molar-refractivity contribution is 5.85. The van der Waals surface area contributed by atoms with Crippen molar-refractivity contribution in [2.45, 2.75) is 32.9 Å². The van der Waals surface area contributed by atoms with Gasteiger partial charge in [0, 0.05) is 6.54 Å². The molecule has 0 radical (unpaired) electrons. The van der Waals surface area contributed by atoms with Gasteiger partial charge in [0.2, 0.25) is 0 Å². The van der Waals surface area contributed by atoms with Gasteiger partial charge >= 0.3 is 0 Å². The van der Waals surface area contributed by atoms with Gasteiger partial charge in [-0.1, -0.05) is 68.4 Å². The monoisotopic (exact) mass is 495 g/mol. The second-order valence-corrected chi connectivity index (χ2v) is 9.28. The van der Waals surface area contributed by atoms with Crippen LogP contribution in [0.5, 0.6) is 5.75 Å². The zero-order chi connectivity index (χ0) is 25.8. The molecule has 0 spiro atoms. The summed E-state index contributed by atoms with van der Waals surface area (Å²) in [6, 6.07) is 21.9. The second kappa shape index (κ2) is 10.7. The average molecular weight is 496 g/mol. The molecule has 0 saturated heterocycles. The predicted octanol–water partition coefficient (Wildman–Crippen LogP) is 4.11. The van der Waals surface area contributed by atoms with Crippen molar-refractivity contribution >= 4 is 27.7 Å². The highest BCUT2D eigenvalue weighted by atomic mass is 16.5. The number of aromatic nitrogens is 4. The van der Waals surface area contributed by atoms with Gasteiger partial charge in [0.1, 0.15) is 17.5 Å². The van der Waals surface area contributed by atoms with E-state index in [0.717, 1.165) is 16.3 Å². The van der Waals surface area contributed by atoms with Crippen LogP contribution in [0.25, 0.3) is 21.8 Å². The molecule has 8 nitrogen and oxygen atoms in total. The second-order valence-electron chi connectivity index (χ2n) is 9.28. The Morgan fingerprint density at radius 3 is 2.59 bits per heavy atom. The van der Waals surface area contributed by atoms with Crippen LogP contribution in [0.4, 0.5) is 0 Å². The molecule has 1 amide bonds. The van der Waals surface area contributed by atoms with E-state index in [1.54, 1.807) is 15.6 Å². The Balaban J connectivity index is 1.19. The van der Waals surface area contributed by atoms with Crippen LogP contribution in [0.15, 0.2) is 84.0 Å². The largest absolute Gasteiger partial charge is 0.484 e. The van der Waals surface area contributed by atoms with Crippen molar-refractivity contribution in [1.29, 1.82) is 0 Å². The first-order chi connectivity index (χ1) is 18.0. The Labute approximate surface area is 214 Å². The minimum absolute atomic E-state index is 0.0714. The lowest BCUT2D eigenvalue weighted by Crippen LogP contribution is -2.31. The van der Waals surface area contributed by atoms with Gasteiger partial charge < -0.3 is 10.1 Å². The minimum atomic E-state index is -0.227. The lowest BCUT2D eigenvalue weighted by atomic mass is 10.0. The van der Waals surface area contributed by atoms with Crippen molar-refractivity contribution in [3.8, 4) is 5.75 Å². The number of carbonyl (C=O) groups excluding carboxylic acids is 1. The molecule has 3 aromatic carbocycles. The molecule has 0 aliphatic rings. The number of carbonyl (C=O) groups is 1. The zero-order valence-corrected chi connectivity index (χ0v) is 20.9. The van der Waals surface area contributed by atoms with Crippen molar-refractivity contribution < 1.29 is 9.53 Å². The topological polar surface area (TPSA) is 91.0 Å². The molecule has 2 aromatic heterocycles. The molecule has 5 rings (SSSR count). The van der Waals surface area contributed by atoms with Gasteiger partial charge in [0.05, 0.1) is 19.3 Å². The number of hydrogen-bond donors (Lipinski definition) is 1. The summed E-state index contributed by atoms with van der Waals surface area (Å²) in [5, 5.41) is 9.84. The minimum Gasteiger partial charge on any atom is -0.484 e. The third kappa shape index (κ3) is 5.38. The number of rotatable bonds is 9. The van der Waals surface area contributed by atoms with E-state index in [1.165, 1.54) is 11.8 Å². The van der Waals surface area contributed by atoms with Crippen LogP contribution in [0.3, 0.4) is 0 Å². The Morgan fingerprint density at radius 2 is 1.78 bits per heavy atom. The number of fused-ring (bicyclic) bond motifs is 2. The van der Waals surface area contributed by atoms with Gasteiger partial charge in [-0.15, -0.1) is 0 Å². The number of nitrogens with one attached hydrogen (secondary N) is 1. The van der Waals surface area contributed by atoms with E-state index in [1.807, 2.05) is 48.5 Å². The first-order valence-electron chi connectivity index (χ1n) is 12.4. The van der Waals surface area contributed by atoms with Gasteiger partial charge in [-0.05, 0) is 39.9 Å². The highest BCUT2D eigenvalue weighted by Gasteiger charge is 2.12. The fourth-order valence-electron chi connectivity index (χ4n) is 4.34. The molecule has 37 heavy (non-hydrogen) atoms. The van der Waals surface area contributed by atoms with E-state index < -0.39 is 0 Å². The molecule has 0 aliphatic carbocycles. The van der Waals surface area contributed by atoms with Crippen LogP contribution >= 0.6 is 0 Å². The molecular weight excluding hydrogens is 466 g/mol. The molecule has 1 N–H and O–H groups in total. The number of benzene rings is 3. The summed E-state index contributed by atoms with van der Waals surface area (Å²) in [5.41, 5.74) is 2.62. The van der Waals surface area contributed by atoms with Crippen molar-refractivity contribution in [2.24, 2.45) is 0 Å². The standard InChI is InChI=1S/C29H29N5O3/c1-20(2)21-10-12-24(13-11-21)37-18-27(35)30-14-15-34-28-26(16-32-34)29(36)33(19-31-28)17-23-8-5-7-22-6-3-4-9-25(22)23/h3-13,16,19-20H,14-15,17-18H2,1-2H3,(H,30,35). The molecule has 0 unspecified atom stereocenters. The normalized spacial score (nSPS) is 11.3.